The summed E-state index contributed by atoms with van der Waals surface area (Å²) in [6, 6.07) is 3.21. The molecule has 0 saturated carbocycles. The number of carbonyl (C=O) groups is 2. The molecule has 0 aliphatic carbocycles. The van der Waals surface area contributed by atoms with Crippen molar-refractivity contribution in [1.82, 2.24) is 5.32 Å². The second kappa shape index (κ2) is 6.80. The van der Waals surface area contributed by atoms with E-state index < -0.39 is 17.3 Å². The zero-order valence-electron chi connectivity index (χ0n) is 12.3. The molecular formula is C14H18BrNO5. The van der Waals surface area contributed by atoms with Crippen LogP contribution in [0.4, 0.5) is 0 Å². The van der Waals surface area contributed by atoms with Gasteiger partial charge >= 0.3 is 5.97 Å². The number of halogens is 1. The summed E-state index contributed by atoms with van der Waals surface area (Å²) in [4.78, 5) is 23.3. The lowest BCUT2D eigenvalue weighted by molar-refractivity contribution is -0.146. The highest BCUT2D eigenvalue weighted by Gasteiger charge is 2.28. The first-order valence-electron chi connectivity index (χ1n) is 6.16. The molecule has 0 saturated heterocycles. The van der Waals surface area contributed by atoms with E-state index in [0.29, 0.717) is 16.0 Å². The van der Waals surface area contributed by atoms with Gasteiger partial charge in [0.1, 0.15) is 11.5 Å². The molecule has 0 spiro atoms. The van der Waals surface area contributed by atoms with Crippen LogP contribution in [0.2, 0.25) is 0 Å². The molecule has 6 nitrogen and oxygen atoms in total. The average molecular weight is 360 g/mol. The maximum atomic E-state index is 12.3. The van der Waals surface area contributed by atoms with E-state index in [1.165, 1.54) is 34.1 Å². The van der Waals surface area contributed by atoms with Gasteiger partial charge in [-0.3, -0.25) is 9.59 Å². The van der Waals surface area contributed by atoms with Crippen LogP contribution in [0.5, 0.6) is 11.5 Å². The molecule has 0 bridgehead atoms. The molecule has 2 N–H and O–H groups in total. The molecule has 0 aliphatic heterocycles. The Morgan fingerprint density at radius 3 is 2.38 bits per heavy atom. The minimum Gasteiger partial charge on any atom is -0.497 e. The van der Waals surface area contributed by atoms with Crippen LogP contribution < -0.4 is 14.8 Å². The minimum absolute atomic E-state index is 0.000843. The molecule has 1 amide bonds. The van der Waals surface area contributed by atoms with E-state index in [0.717, 1.165) is 0 Å². The van der Waals surface area contributed by atoms with Gasteiger partial charge in [-0.05, 0) is 41.9 Å². The lowest BCUT2D eigenvalue weighted by atomic mass is 9.94. The number of amides is 1. The van der Waals surface area contributed by atoms with Crippen molar-refractivity contribution in [3.8, 4) is 11.5 Å². The quantitative estimate of drug-likeness (QED) is 0.813. The largest absolute Gasteiger partial charge is 0.497 e. The van der Waals surface area contributed by atoms with Gasteiger partial charge in [0.25, 0.3) is 5.91 Å². The molecule has 1 aromatic carbocycles. The Hall–Kier alpha value is -1.76. The smallest absolute Gasteiger partial charge is 0.310 e. The molecule has 21 heavy (non-hydrogen) atoms. The second-order valence-corrected chi connectivity index (χ2v) is 5.92. The van der Waals surface area contributed by atoms with E-state index in [9.17, 15) is 9.59 Å². The van der Waals surface area contributed by atoms with Gasteiger partial charge in [-0.15, -0.1) is 0 Å². The van der Waals surface area contributed by atoms with Crippen molar-refractivity contribution in [2.75, 3.05) is 20.8 Å². The molecule has 116 valence electrons. The van der Waals surface area contributed by atoms with Crippen molar-refractivity contribution in [1.29, 1.82) is 0 Å². The fourth-order valence-electron chi connectivity index (χ4n) is 1.53. The molecule has 0 heterocycles. The molecular weight excluding hydrogens is 342 g/mol. The highest BCUT2D eigenvalue weighted by atomic mass is 79.9. The summed E-state index contributed by atoms with van der Waals surface area (Å²) in [6.07, 6.45) is 0. The molecule has 0 atom stereocenters. The van der Waals surface area contributed by atoms with Crippen molar-refractivity contribution in [2.45, 2.75) is 13.8 Å². The average Bonchev–Trinajstić information content (AvgIpc) is 2.43. The highest BCUT2D eigenvalue weighted by Crippen LogP contribution is 2.33. The van der Waals surface area contributed by atoms with Crippen LogP contribution in [0.1, 0.15) is 24.2 Å². The molecule has 1 aromatic rings. The number of carboxylic acid groups (broad SMARTS) is 1. The number of rotatable bonds is 6. The van der Waals surface area contributed by atoms with Gasteiger partial charge in [0.15, 0.2) is 0 Å². The summed E-state index contributed by atoms with van der Waals surface area (Å²) < 4.78 is 10.9. The van der Waals surface area contributed by atoms with Gasteiger partial charge in [-0.2, -0.15) is 0 Å². The zero-order valence-corrected chi connectivity index (χ0v) is 13.9. The van der Waals surface area contributed by atoms with Crippen LogP contribution in [0.3, 0.4) is 0 Å². The molecule has 1 rings (SSSR count). The summed E-state index contributed by atoms with van der Waals surface area (Å²) in [5.74, 6) is -0.561. The highest BCUT2D eigenvalue weighted by molar-refractivity contribution is 9.10. The molecule has 0 radical (unpaired) electrons. The third-order valence-electron chi connectivity index (χ3n) is 2.97. The standard InChI is InChI=1S/C14H18BrNO5/c1-14(2,13(18)19)7-16-12(17)9-5-8(20-3)6-10(15)11(9)21-4/h5-6H,7H2,1-4H3,(H,16,17)(H,18,19). The maximum Gasteiger partial charge on any atom is 0.310 e. The van der Waals surface area contributed by atoms with Gasteiger partial charge in [0.2, 0.25) is 0 Å². The number of ether oxygens (including phenoxy) is 2. The number of aliphatic carboxylic acids is 1. The Bertz CT molecular complexity index is 557. The monoisotopic (exact) mass is 359 g/mol. The molecule has 0 aliphatic rings. The van der Waals surface area contributed by atoms with Crippen LogP contribution in [0.15, 0.2) is 16.6 Å². The van der Waals surface area contributed by atoms with Gasteiger partial charge in [0, 0.05) is 6.54 Å². The van der Waals surface area contributed by atoms with E-state index in [-0.39, 0.29) is 12.1 Å². The number of hydrogen-bond acceptors (Lipinski definition) is 4. The van der Waals surface area contributed by atoms with Gasteiger partial charge in [-0.25, -0.2) is 0 Å². The van der Waals surface area contributed by atoms with E-state index in [4.69, 9.17) is 14.6 Å². The first kappa shape index (κ1) is 17.3. The number of hydrogen-bond donors (Lipinski definition) is 2. The number of nitrogens with one attached hydrogen (secondary N) is 1. The molecule has 7 heteroatoms. The fraction of sp³-hybridized carbons (Fsp3) is 0.429. The summed E-state index contributed by atoms with van der Waals surface area (Å²) in [6.45, 7) is 3.07. The topological polar surface area (TPSA) is 84.9 Å². The number of methoxy groups -OCH3 is 2. The summed E-state index contributed by atoms with van der Waals surface area (Å²) >= 11 is 3.30. The van der Waals surface area contributed by atoms with Crippen LogP contribution >= 0.6 is 15.9 Å². The number of benzene rings is 1. The van der Waals surface area contributed by atoms with Crippen LogP contribution in [-0.4, -0.2) is 37.7 Å². The van der Waals surface area contributed by atoms with Gasteiger partial charge in [0.05, 0.1) is 29.7 Å². The van der Waals surface area contributed by atoms with Crippen molar-refractivity contribution in [2.24, 2.45) is 5.41 Å². The Kier molecular flexibility index (Phi) is 5.60. The van der Waals surface area contributed by atoms with Crippen molar-refractivity contribution < 1.29 is 24.2 Å². The van der Waals surface area contributed by atoms with Crippen molar-refractivity contribution >= 4 is 27.8 Å². The van der Waals surface area contributed by atoms with Gasteiger partial charge in [-0.1, -0.05) is 0 Å². The normalized spacial score (nSPS) is 10.9. The van der Waals surface area contributed by atoms with Crippen LogP contribution in [0, 0.1) is 5.41 Å². The van der Waals surface area contributed by atoms with Crippen LogP contribution in [0.25, 0.3) is 0 Å². The minimum atomic E-state index is -1.06. The third-order valence-corrected chi connectivity index (χ3v) is 3.56. The van der Waals surface area contributed by atoms with Crippen molar-refractivity contribution in [3.05, 3.63) is 22.2 Å². The zero-order chi connectivity index (χ0) is 16.2. The number of carboxylic acids is 1. The van der Waals surface area contributed by atoms with E-state index in [1.807, 2.05) is 0 Å². The predicted molar refractivity (Wildman–Crippen MR) is 81.0 cm³/mol. The Morgan fingerprint density at radius 1 is 1.29 bits per heavy atom. The second-order valence-electron chi connectivity index (χ2n) is 5.06. The molecule has 0 fully saturated rings. The fourth-order valence-corrected chi connectivity index (χ4v) is 2.14. The summed E-state index contributed by atoms with van der Waals surface area (Å²) in [5.41, 5.74) is -0.788. The Balaban J connectivity index is 3.02. The van der Waals surface area contributed by atoms with Gasteiger partial charge < -0.3 is 19.9 Å². The number of carbonyl (C=O) groups excluding carboxylic acids is 1. The van der Waals surface area contributed by atoms with E-state index in [1.54, 1.807) is 6.07 Å². The Labute approximate surface area is 131 Å². The lowest BCUT2D eigenvalue weighted by Gasteiger charge is -2.20. The van der Waals surface area contributed by atoms with Crippen LogP contribution in [-0.2, 0) is 4.79 Å². The van der Waals surface area contributed by atoms with Crippen molar-refractivity contribution in [3.63, 3.8) is 0 Å². The molecule has 0 aromatic heterocycles. The molecule has 0 unspecified atom stereocenters. The first-order chi connectivity index (χ1) is 9.72. The first-order valence-corrected chi connectivity index (χ1v) is 6.95. The summed E-state index contributed by atoms with van der Waals surface area (Å²) in [7, 11) is 2.94. The summed E-state index contributed by atoms with van der Waals surface area (Å²) in [5, 5.41) is 11.6. The Morgan fingerprint density at radius 2 is 1.90 bits per heavy atom. The lowest BCUT2D eigenvalue weighted by Crippen LogP contribution is -2.39. The SMILES string of the molecule is COc1cc(Br)c(OC)c(C(=O)NCC(C)(C)C(=O)O)c1. The van der Waals surface area contributed by atoms with E-state index >= 15 is 0 Å². The predicted octanol–water partition coefficient (Wildman–Crippen LogP) is 2.31. The maximum absolute atomic E-state index is 12.3. The van der Waals surface area contributed by atoms with E-state index in [2.05, 4.69) is 21.2 Å². The third kappa shape index (κ3) is 4.10.